The molecule has 2 aromatic rings. The topological polar surface area (TPSA) is 43.8 Å². The predicted octanol–water partition coefficient (Wildman–Crippen LogP) is 3.72. The Morgan fingerprint density at radius 1 is 1.39 bits per heavy atom. The van der Waals surface area contributed by atoms with Crippen LogP contribution in [0.5, 0.6) is 0 Å². The van der Waals surface area contributed by atoms with Gasteiger partial charge in [-0.2, -0.15) is 0 Å². The molecule has 18 heavy (non-hydrogen) atoms. The fourth-order valence-electron chi connectivity index (χ4n) is 2.39. The van der Waals surface area contributed by atoms with Gasteiger partial charge in [-0.05, 0) is 32.4 Å². The number of hydrogen-bond donors (Lipinski definition) is 1. The molecule has 0 fully saturated rings. The van der Waals surface area contributed by atoms with E-state index in [4.69, 9.17) is 22.3 Å². The van der Waals surface area contributed by atoms with Crippen LogP contribution < -0.4 is 5.73 Å². The Kier molecular flexibility index (Phi) is 3.93. The summed E-state index contributed by atoms with van der Waals surface area (Å²) in [7, 11) is 0. The van der Waals surface area contributed by atoms with Crippen molar-refractivity contribution in [1.82, 2.24) is 9.55 Å². The number of imidazole rings is 1. The van der Waals surface area contributed by atoms with Gasteiger partial charge in [-0.25, -0.2) is 4.98 Å². The fourth-order valence-corrected chi connectivity index (χ4v) is 2.65. The second-order valence-electron chi connectivity index (χ2n) is 4.88. The summed E-state index contributed by atoms with van der Waals surface area (Å²) in [5.74, 6) is 1.34. The van der Waals surface area contributed by atoms with Gasteiger partial charge in [0, 0.05) is 18.5 Å². The maximum Gasteiger partial charge on any atom is 0.114 e. The molecule has 2 rings (SSSR count). The minimum Gasteiger partial charge on any atom is -0.330 e. The average Bonchev–Trinajstić information content (AvgIpc) is 2.71. The second-order valence-corrected chi connectivity index (χ2v) is 5.29. The van der Waals surface area contributed by atoms with Gasteiger partial charge >= 0.3 is 0 Å². The molecule has 3 nitrogen and oxygen atoms in total. The highest BCUT2D eigenvalue weighted by Crippen LogP contribution is 2.31. The summed E-state index contributed by atoms with van der Waals surface area (Å²) in [6.45, 7) is 7.06. The van der Waals surface area contributed by atoms with Crippen LogP contribution in [0.1, 0.15) is 45.0 Å². The van der Waals surface area contributed by atoms with Crippen LogP contribution in [0, 0.1) is 0 Å². The van der Waals surface area contributed by atoms with E-state index in [9.17, 15) is 0 Å². The van der Waals surface area contributed by atoms with Crippen LogP contribution in [-0.2, 0) is 0 Å². The van der Waals surface area contributed by atoms with Crippen molar-refractivity contribution in [1.29, 1.82) is 0 Å². The molecule has 1 heterocycles. The van der Waals surface area contributed by atoms with E-state index < -0.39 is 0 Å². The summed E-state index contributed by atoms with van der Waals surface area (Å²) in [6, 6.07) is 6.19. The Balaban J connectivity index is 2.73. The first-order valence-electron chi connectivity index (χ1n) is 6.46. The molecule has 0 saturated heterocycles. The van der Waals surface area contributed by atoms with E-state index in [1.807, 2.05) is 18.2 Å². The second kappa shape index (κ2) is 5.29. The molecule has 98 valence electrons. The molecule has 0 aliphatic heterocycles. The average molecular weight is 266 g/mol. The molecule has 2 N–H and O–H groups in total. The van der Waals surface area contributed by atoms with E-state index in [1.54, 1.807) is 0 Å². The van der Waals surface area contributed by atoms with Crippen molar-refractivity contribution in [2.45, 2.75) is 39.2 Å². The summed E-state index contributed by atoms with van der Waals surface area (Å²) in [5.41, 5.74) is 7.84. The Hall–Kier alpha value is -1.06. The minimum absolute atomic E-state index is 0.288. The van der Waals surface area contributed by atoms with Crippen LogP contribution >= 0.6 is 11.6 Å². The van der Waals surface area contributed by atoms with Crippen molar-refractivity contribution < 1.29 is 0 Å². The number of halogens is 1. The Labute approximate surface area is 113 Å². The van der Waals surface area contributed by atoms with Gasteiger partial charge in [-0.15, -0.1) is 0 Å². The number of benzene rings is 1. The van der Waals surface area contributed by atoms with Crippen LogP contribution in [0.4, 0.5) is 0 Å². The molecule has 0 saturated carbocycles. The Bertz CT molecular complexity index is 541. The number of fused-ring (bicyclic) bond motifs is 1. The van der Waals surface area contributed by atoms with Gasteiger partial charge < -0.3 is 10.3 Å². The number of hydrogen-bond acceptors (Lipinski definition) is 2. The van der Waals surface area contributed by atoms with Crippen molar-refractivity contribution in [2.75, 3.05) is 6.54 Å². The summed E-state index contributed by atoms with van der Waals surface area (Å²) in [6.07, 6.45) is 0.990. The minimum atomic E-state index is 0.288. The zero-order chi connectivity index (χ0) is 13.3. The van der Waals surface area contributed by atoms with E-state index in [0.717, 1.165) is 28.3 Å². The molecule has 0 aliphatic carbocycles. The first-order chi connectivity index (χ1) is 8.60. The van der Waals surface area contributed by atoms with Crippen LogP contribution in [0.2, 0.25) is 5.02 Å². The Morgan fingerprint density at radius 2 is 2.11 bits per heavy atom. The van der Waals surface area contributed by atoms with E-state index in [-0.39, 0.29) is 5.92 Å². The third-order valence-corrected chi connectivity index (χ3v) is 3.65. The molecule has 4 heteroatoms. The van der Waals surface area contributed by atoms with Gasteiger partial charge in [-0.3, -0.25) is 0 Å². The van der Waals surface area contributed by atoms with Crippen molar-refractivity contribution in [3.05, 3.63) is 29.0 Å². The lowest BCUT2D eigenvalue weighted by Crippen LogP contribution is -2.18. The molecule has 0 aliphatic rings. The number of rotatable bonds is 4. The molecule has 1 aromatic carbocycles. The lowest BCUT2D eigenvalue weighted by Gasteiger charge is -2.18. The first kappa shape index (κ1) is 13.4. The molecule has 0 radical (unpaired) electrons. The molecular formula is C14H20ClN3. The summed E-state index contributed by atoms with van der Waals surface area (Å²) in [4.78, 5) is 4.74. The summed E-state index contributed by atoms with van der Waals surface area (Å²) < 4.78 is 2.22. The third kappa shape index (κ3) is 2.13. The molecule has 0 spiro atoms. The SMILES string of the molecule is CCC(CN)c1nc2cccc(Cl)c2n1C(C)C. The summed E-state index contributed by atoms with van der Waals surface area (Å²) >= 11 is 6.32. The van der Waals surface area contributed by atoms with Crippen molar-refractivity contribution >= 4 is 22.6 Å². The fraction of sp³-hybridized carbons (Fsp3) is 0.500. The quantitative estimate of drug-likeness (QED) is 0.916. The Morgan fingerprint density at radius 3 is 2.67 bits per heavy atom. The maximum atomic E-state index is 6.32. The lowest BCUT2D eigenvalue weighted by atomic mass is 10.1. The highest BCUT2D eigenvalue weighted by molar-refractivity contribution is 6.35. The molecule has 1 unspecified atom stereocenters. The number of nitrogens with zero attached hydrogens (tertiary/aromatic N) is 2. The van der Waals surface area contributed by atoms with Crippen LogP contribution in [0.15, 0.2) is 18.2 Å². The molecule has 1 atom stereocenters. The smallest absolute Gasteiger partial charge is 0.114 e. The van der Waals surface area contributed by atoms with Crippen molar-refractivity contribution in [2.24, 2.45) is 5.73 Å². The molecule has 1 aromatic heterocycles. The van der Waals surface area contributed by atoms with Gasteiger partial charge in [-0.1, -0.05) is 24.6 Å². The van der Waals surface area contributed by atoms with Gasteiger partial charge in [0.2, 0.25) is 0 Å². The van der Waals surface area contributed by atoms with E-state index in [2.05, 4.69) is 25.3 Å². The largest absolute Gasteiger partial charge is 0.330 e. The first-order valence-corrected chi connectivity index (χ1v) is 6.84. The highest BCUT2D eigenvalue weighted by atomic mass is 35.5. The van der Waals surface area contributed by atoms with Gasteiger partial charge in [0.1, 0.15) is 5.82 Å². The predicted molar refractivity (Wildman–Crippen MR) is 77.2 cm³/mol. The van der Waals surface area contributed by atoms with Gasteiger partial charge in [0.05, 0.1) is 16.1 Å². The number of para-hydroxylation sites is 1. The van der Waals surface area contributed by atoms with Crippen molar-refractivity contribution in [3.8, 4) is 0 Å². The van der Waals surface area contributed by atoms with Crippen molar-refractivity contribution in [3.63, 3.8) is 0 Å². The number of aromatic nitrogens is 2. The summed E-state index contributed by atoms with van der Waals surface area (Å²) in [5, 5.41) is 0.756. The van der Waals surface area contributed by atoms with Crippen LogP contribution in [-0.4, -0.2) is 16.1 Å². The highest BCUT2D eigenvalue weighted by Gasteiger charge is 2.20. The normalized spacial score (nSPS) is 13.4. The maximum absolute atomic E-state index is 6.32. The zero-order valence-corrected chi connectivity index (χ0v) is 11.9. The molecule has 0 bridgehead atoms. The third-order valence-electron chi connectivity index (χ3n) is 3.35. The van der Waals surface area contributed by atoms with Crippen LogP contribution in [0.25, 0.3) is 11.0 Å². The zero-order valence-electron chi connectivity index (χ0n) is 11.2. The molecule has 0 amide bonds. The number of nitrogens with two attached hydrogens (primary N) is 1. The van der Waals surface area contributed by atoms with Gasteiger partial charge in [0.25, 0.3) is 0 Å². The lowest BCUT2D eigenvalue weighted by molar-refractivity contribution is 0.530. The van der Waals surface area contributed by atoms with Gasteiger partial charge in [0.15, 0.2) is 0 Å². The monoisotopic (exact) mass is 265 g/mol. The standard InChI is InChI=1S/C14H20ClN3/c1-4-10(8-16)14-17-12-7-5-6-11(15)13(12)18(14)9(2)3/h5-7,9-10H,4,8,16H2,1-3H3. The van der Waals surface area contributed by atoms with E-state index in [1.165, 1.54) is 0 Å². The van der Waals surface area contributed by atoms with E-state index in [0.29, 0.717) is 12.6 Å². The van der Waals surface area contributed by atoms with Crippen LogP contribution in [0.3, 0.4) is 0 Å². The molecular weight excluding hydrogens is 246 g/mol. The van der Waals surface area contributed by atoms with E-state index >= 15 is 0 Å².